The minimum absolute atomic E-state index is 0.0786. The second-order valence-electron chi connectivity index (χ2n) is 6.62. The van der Waals surface area contributed by atoms with Crippen LogP contribution in [0.5, 0.6) is 5.75 Å². The van der Waals surface area contributed by atoms with Crippen LogP contribution in [0.1, 0.15) is 22.2 Å². The maximum absolute atomic E-state index is 13.7. The Kier molecular flexibility index (Phi) is 5.54. The third kappa shape index (κ3) is 4.44. The summed E-state index contributed by atoms with van der Waals surface area (Å²) in [5, 5.41) is 0. The summed E-state index contributed by atoms with van der Waals surface area (Å²) in [5.41, 5.74) is 3.55. The van der Waals surface area contributed by atoms with Crippen LogP contribution in [0.3, 0.4) is 0 Å². The number of benzene rings is 3. The van der Waals surface area contributed by atoms with Gasteiger partial charge < -0.3 is 4.74 Å². The number of ether oxygens (including phenoxy) is 1. The lowest BCUT2D eigenvalue weighted by Gasteiger charge is -2.09. The van der Waals surface area contributed by atoms with Crippen molar-refractivity contribution in [3.05, 3.63) is 101 Å². The molecule has 0 aliphatic heterocycles. The predicted octanol–water partition coefficient (Wildman–Crippen LogP) is 6.80. The molecule has 0 saturated heterocycles. The largest absolute Gasteiger partial charge is 0.489 e. The Morgan fingerprint density at radius 3 is 2.52 bits per heavy atom. The molecule has 1 radical (unpaired) electrons. The first-order valence-corrected chi connectivity index (χ1v) is 10.0. The van der Waals surface area contributed by atoms with E-state index in [4.69, 9.17) is 4.74 Å². The monoisotopic (exact) mass is 401 g/mol. The summed E-state index contributed by atoms with van der Waals surface area (Å²) in [6, 6.07) is 27.3. The molecule has 0 aliphatic rings. The highest BCUT2D eigenvalue weighted by Crippen LogP contribution is 2.32. The molecular weight excluding hydrogens is 383 g/mol. The summed E-state index contributed by atoms with van der Waals surface area (Å²) in [4.78, 5) is 13.4. The van der Waals surface area contributed by atoms with Crippen LogP contribution < -0.4 is 4.74 Å². The minimum atomic E-state index is -0.267. The van der Waals surface area contributed by atoms with E-state index in [-0.39, 0.29) is 18.2 Å². The second-order valence-corrected chi connectivity index (χ2v) is 7.70. The van der Waals surface area contributed by atoms with E-state index >= 15 is 0 Å². The molecule has 0 amide bonds. The highest BCUT2D eigenvalue weighted by atomic mass is 32.1. The zero-order valence-electron chi connectivity index (χ0n) is 15.8. The Balaban J connectivity index is 1.50. The minimum Gasteiger partial charge on any atom is -0.489 e. The maximum Gasteiger partial charge on any atom is 0.169 e. The Hall–Kier alpha value is -3.24. The molecule has 4 aromatic rings. The highest BCUT2D eigenvalue weighted by molar-refractivity contribution is 7.17. The first kappa shape index (κ1) is 19.1. The number of halogens is 1. The Morgan fingerprint density at radius 1 is 1.00 bits per heavy atom. The molecule has 29 heavy (non-hydrogen) atoms. The van der Waals surface area contributed by atoms with Crippen molar-refractivity contribution in [2.45, 2.75) is 13.5 Å². The van der Waals surface area contributed by atoms with Gasteiger partial charge in [0.05, 0.1) is 4.88 Å². The fourth-order valence-electron chi connectivity index (χ4n) is 2.98. The zero-order valence-corrected chi connectivity index (χ0v) is 16.6. The summed E-state index contributed by atoms with van der Waals surface area (Å²) in [5.74, 6) is 0.490. The fraction of sp³-hybridized carbons (Fsp3) is 0.0800. The van der Waals surface area contributed by atoms with Gasteiger partial charge in [0.25, 0.3) is 0 Å². The van der Waals surface area contributed by atoms with Crippen molar-refractivity contribution in [2.24, 2.45) is 0 Å². The number of rotatable bonds is 6. The van der Waals surface area contributed by atoms with Crippen molar-refractivity contribution >= 4 is 17.1 Å². The van der Waals surface area contributed by atoms with E-state index in [2.05, 4.69) is 12.1 Å². The highest BCUT2D eigenvalue weighted by Gasteiger charge is 2.08. The molecule has 2 nitrogen and oxygen atoms in total. The Bertz CT molecular complexity index is 1150. The molecule has 0 spiro atoms. The molecule has 1 aromatic heterocycles. The van der Waals surface area contributed by atoms with Crippen molar-refractivity contribution < 1.29 is 13.9 Å². The molecule has 0 fully saturated rings. The molecule has 4 heteroatoms. The van der Waals surface area contributed by atoms with Gasteiger partial charge in [-0.25, -0.2) is 4.39 Å². The van der Waals surface area contributed by atoms with Gasteiger partial charge in [0.1, 0.15) is 18.2 Å². The number of thiophene rings is 1. The number of ketones is 1. The average Bonchev–Trinajstić information content (AvgIpc) is 3.25. The molecule has 4 rings (SSSR count). The van der Waals surface area contributed by atoms with E-state index in [0.717, 1.165) is 26.4 Å². The number of Topliss-reactive ketones (excluding diaryl/α,β-unsaturated/α-hetero) is 1. The number of hydrogen-bond acceptors (Lipinski definition) is 3. The van der Waals surface area contributed by atoms with Gasteiger partial charge in [-0.05, 0) is 66.1 Å². The molecule has 0 unspecified atom stereocenters. The third-order valence-corrected chi connectivity index (χ3v) is 5.79. The first-order chi connectivity index (χ1) is 14.1. The van der Waals surface area contributed by atoms with Crippen molar-refractivity contribution in [3.8, 4) is 27.3 Å². The molecule has 3 aromatic carbocycles. The van der Waals surface area contributed by atoms with E-state index in [1.807, 2.05) is 48.5 Å². The van der Waals surface area contributed by atoms with Crippen LogP contribution in [-0.2, 0) is 6.61 Å². The van der Waals surface area contributed by atoms with Gasteiger partial charge in [-0.3, -0.25) is 4.79 Å². The molecule has 0 saturated carbocycles. The van der Waals surface area contributed by atoms with Gasteiger partial charge in [0, 0.05) is 10.4 Å². The lowest BCUT2D eigenvalue weighted by molar-refractivity contribution is 0.102. The molecule has 0 atom stereocenters. The summed E-state index contributed by atoms with van der Waals surface area (Å²) in [6.07, 6.45) is 0. The quantitative estimate of drug-likeness (QED) is 0.332. The van der Waals surface area contributed by atoms with Crippen molar-refractivity contribution in [1.29, 1.82) is 0 Å². The predicted molar refractivity (Wildman–Crippen MR) is 115 cm³/mol. The second kappa shape index (κ2) is 8.41. The van der Waals surface area contributed by atoms with E-state index < -0.39 is 0 Å². The molecule has 0 N–H and O–H groups in total. The van der Waals surface area contributed by atoms with E-state index in [0.29, 0.717) is 11.3 Å². The standard InChI is InChI=1S/C25H18FO2S/c1-17(27)24-13-14-25(29-24)20-7-4-6-19(15-20)18-9-11-22(12-10-18)28-16-21-5-2-3-8-23(21)26/h2-5,7-15H,16H2,1H3. The van der Waals surface area contributed by atoms with Crippen molar-refractivity contribution in [2.75, 3.05) is 0 Å². The number of carbonyl (C=O) groups is 1. The van der Waals surface area contributed by atoms with E-state index in [9.17, 15) is 9.18 Å². The summed E-state index contributed by atoms with van der Waals surface area (Å²) in [6.45, 7) is 1.76. The van der Waals surface area contributed by atoms with Crippen molar-refractivity contribution in [1.82, 2.24) is 0 Å². The van der Waals surface area contributed by atoms with Crippen LogP contribution in [0.25, 0.3) is 21.6 Å². The molecule has 1 heterocycles. The van der Waals surface area contributed by atoms with E-state index in [1.54, 1.807) is 25.1 Å². The van der Waals surface area contributed by atoms with Crippen LogP contribution in [0.2, 0.25) is 0 Å². The van der Waals surface area contributed by atoms with E-state index in [1.165, 1.54) is 17.4 Å². The van der Waals surface area contributed by atoms with Crippen LogP contribution in [0.15, 0.2) is 78.9 Å². The van der Waals surface area contributed by atoms with Crippen LogP contribution in [0.4, 0.5) is 4.39 Å². The van der Waals surface area contributed by atoms with Gasteiger partial charge >= 0.3 is 0 Å². The summed E-state index contributed by atoms with van der Waals surface area (Å²) in [7, 11) is 0. The first-order valence-electron chi connectivity index (χ1n) is 9.20. The number of hydrogen-bond donors (Lipinski definition) is 0. The van der Waals surface area contributed by atoms with Gasteiger partial charge in [0.15, 0.2) is 5.78 Å². The molecular formula is C25H18FO2S. The number of carbonyl (C=O) groups excluding carboxylic acids is 1. The Labute approximate surface area is 173 Å². The van der Waals surface area contributed by atoms with Gasteiger partial charge in [-0.1, -0.05) is 42.5 Å². The van der Waals surface area contributed by atoms with Gasteiger partial charge in [0.2, 0.25) is 0 Å². The lowest BCUT2D eigenvalue weighted by Crippen LogP contribution is -1.98. The smallest absolute Gasteiger partial charge is 0.169 e. The topological polar surface area (TPSA) is 26.3 Å². The van der Waals surface area contributed by atoms with Crippen LogP contribution in [-0.4, -0.2) is 5.78 Å². The molecule has 0 aliphatic carbocycles. The van der Waals surface area contributed by atoms with Crippen molar-refractivity contribution in [3.63, 3.8) is 0 Å². The summed E-state index contributed by atoms with van der Waals surface area (Å²) >= 11 is 1.49. The van der Waals surface area contributed by atoms with Crippen LogP contribution >= 0.6 is 11.3 Å². The van der Waals surface area contributed by atoms with Gasteiger partial charge in [-0.2, -0.15) is 0 Å². The maximum atomic E-state index is 13.7. The SMILES string of the molecule is CC(=O)c1ccc(-c2cc[c]c(-c3ccc(OCc4ccccc4F)cc3)c2)s1. The fourth-order valence-corrected chi connectivity index (χ4v) is 3.87. The van der Waals surface area contributed by atoms with Gasteiger partial charge in [-0.15, -0.1) is 11.3 Å². The normalized spacial score (nSPS) is 10.7. The Morgan fingerprint density at radius 2 is 1.79 bits per heavy atom. The third-order valence-electron chi connectivity index (χ3n) is 4.56. The lowest BCUT2D eigenvalue weighted by atomic mass is 10.0. The van der Waals surface area contributed by atoms with Crippen LogP contribution in [0, 0.1) is 11.9 Å². The summed E-state index contributed by atoms with van der Waals surface area (Å²) < 4.78 is 19.4. The molecule has 143 valence electrons. The zero-order chi connectivity index (χ0) is 20.2. The molecule has 0 bridgehead atoms. The average molecular weight is 401 g/mol.